The minimum absolute atomic E-state index is 0.0976. The topological polar surface area (TPSA) is 106 Å². The molecule has 0 saturated carbocycles. The number of imidazole rings is 1. The second-order valence-corrected chi connectivity index (χ2v) is 8.62. The Hall–Kier alpha value is -3.85. The van der Waals surface area contributed by atoms with E-state index >= 15 is 0 Å². The lowest BCUT2D eigenvalue weighted by molar-refractivity contribution is -0.126. The smallest absolute Gasteiger partial charge is 0.262 e. The van der Waals surface area contributed by atoms with Crippen LogP contribution >= 0.6 is 11.6 Å². The lowest BCUT2D eigenvalue weighted by Gasteiger charge is -2.17. The lowest BCUT2D eigenvalue weighted by Crippen LogP contribution is -2.33. The fourth-order valence-corrected chi connectivity index (χ4v) is 3.90. The van der Waals surface area contributed by atoms with Crippen molar-refractivity contribution < 1.29 is 19.1 Å². The number of ether oxygens (including phenoxy) is 1. The normalized spacial score (nSPS) is 15.2. The largest absolute Gasteiger partial charge is 0.484 e. The summed E-state index contributed by atoms with van der Waals surface area (Å²) in [6.07, 6.45) is 6.29. The number of nitrogens with one attached hydrogen (secondary N) is 2. The first-order valence-corrected chi connectivity index (χ1v) is 11.7. The fourth-order valence-electron chi connectivity index (χ4n) is 3.77. The highest BCUT2D eigenvalue weighted by Gasteiger charge is 2.34. The van der Waals surface area contributed by atoms with Crippen LogP contribution in [0.3, 0.4) is 0 Å². The number of anilines is 2. The van der Waals surface area contributed by atoms with Crippen LogP contribution < -0.4 is 20.3 Å². The molecule has 1 aromatic heterocycles. The number of aryl methyl sites for hydroxylation is 1. The number of aromatic nitrogens is 2. The fraction of sp³-hybridized carbons (Fsp3) is 0.280. The van der Waals surface area contributed by atoms with Crippen molar-refractivity contribution in [2.45, 2.75) is 19.4 Å². The maximum Gasteiger partial charge on any atom is 0.262 e. The molecule has 0 bridgehead atoms. The average molecular weight is 496 g/mol. The van der Waals surface area contributed by atoms with E-state index < -0.39 is 0 Å². The van der Waals surface area contributed by atoms with Crippen LogP contribution in [0.25, 0.3) is 0 Å². The van der Waals surface area contributed by atoms with Gasteiger partial charge in [0.15, 0.2) is 6.61 Å². The molecule has 10 heteroatoms. The highest BCUT2D eigenvalue weighted by atomic mass is 35.5. The Kier molecular flexibility index (Phi) is 7.99. The van der Waals surface area contributed by atoms with Crippen LogP contribution in [0.5, 0.6) is 5.75 Å². The second kappa shape index (κ2) is 11.5. The standard InChI is InChI=1S/C25H26ClN5O4/c26-19-2-4-20(5-3-19)29-23(32)16-35-22-8-6-21(7-9-22)31-15-18(14-24(31)33)25(34)28-10-1-12-30-13-11-27-17-30/h2-9,11,13,17-18H,1,10,12,14-16H2,(H,28,34)(H,29,32)/t18-/m1/s1. The number of carbonyl (C=O) groups is 3. The second-order valence-electron chi connectivity index (χ2n) is 8.19. The van der Waals surface area contributed by atoms with Crippen LogP contribution in [0.1, 0.15) is 12.8 Å². The molecule has 2 aromatic carbocycles. The zero-order valence-corrected chi connectivity index (χ0v) is 19.8. The molecule has 1 fully saturated rings. The molecule has 1 saturated heterocycles. The Morgan fingerprint density at radius 3 is 2.60 bits per heavy atom. The molecule has 4 rings (SSSR count). The minimum Gasteiger partial charge on any atom is -0.484 e. The van der Waals surface area contributed by atoms with Gasteiger partial charge in [-0.05, 0) is 55.0 Å². The number of hydrogen-bond acceptors (Lipinski definition) is 5. The van der Waals surface area contributed by atoms with Gasteiger partial charge >= 0.3 is 0 Å². The number of carbonyl (C=O) groups excluding carboxylic acids is 3. The van der Waals surface area contributed by atoms with Crippen LogP contribution in [-0.4, -0.2) is 47.0 Å². The van der Waals surface area contributed by atoms with Gasteiger partial charge in [-0.3, -0.25) is 14.4 Å². The first kappa shape index (κ1) is 24.3. The molecule has 0 radical (unpaired) electrons. The van der Waals surface area contributed by atoms with Gasteiger partial charge < -0.3 is 24.8 Å². The summed E-state index contributed by atoms with van der Waals surface area (Å²) in [5.74, 6) is -0.398. The molecule has 0 spiro atoms. The van der Waals surface area contributed by atoms with E-state index in [1.54, 1.807) is 66.0 Å². The van der Waals surface area contributed by atoms with E-state index in [1.165, 1.54) is 0 Å². The van der Waals surface area contributed by atoms with Gasteiger partial charge in [0.25, 0.3) is 5.91 Å². The van der Waals surface area contributed by atoms with Crippen molar-refractivity contribution in [1.29, 1.82) is 0 Å². The average Bonchev–Trinajstić information content (AvgIpc) is 3.52. The molecule has 2 N–H and O–H groups in total. The number of amides is 3. The molecule has 1 aliphatic heterocycles. The Bertz CT molecular complexity index is 1150. The van der Waals surface area contributed by atoms with E-state index in [4.69, 9.17) is 16.3 Å². The summed E-state index contributed by atoms with van der Waals surface area (Å²) in [5.41, 5.74) is 1.31. The van der Waals surface area contributed by atoms with Crippen LogP contribution in [0.15, 0.2) is 67.3 Å². The summed E-state index contributed by atoms with van der Waals surface area (Å²) in [6, 6.07) is 13.7. The van der Waals surface area contributed by atoms with Gasteiger partial charge in [-0.15, -0.1) is 0 Å². The molecule has 0 unspecified atom stereocenters. The van der Waals surface area contributed by atoms with Crippen LogP contribution in [-0.2, 0) is 20.9 Å². The molecule has 0 aliphatic carbocycles. The summed E-state index contributed by atoms with van der Waals surface area (Å²) < 4.78 is 7.49. The maximum atomic E-state index is 12.5. The first-order valence-electron chi connectivity index (χ1n) is 11.3. The zero-order chi connectivity index (χ0) is 24.6. The molecule has 2 heterocycles. The maximum absolute atomic E-state index is 12.5. The van der Waals surface area contributed by atoms with Gasteiger partial charge in [-0.25, -0.2) is 4.98 Å². The SMILES string of the molecule is O=C(COc1ccc(N2C[C@H](C(=O)NCCCn3ccnc3)CC2=O)cc1)Nc1ccc(Cl)cc1. The number of benzene rings is 2. The third kappa shape index (κ3) is 6.83. The molecule has 1 atom stereocenters. The molecule has 1 aliphatic rings. The van der Waals surface area contributed by atoms with Crippen molar-refractivity contribution in [2.24, 2.45) is 5.92 Å². The van der Waals surface area contributed by atoms with Gasteiger partial charge in [0.05, 0.1) is 12.2 Å². The number of nitrogens with zero attached hydrogens (tertiary/aromatic N) is 3. The van der Waals surface area contributed by atoms with Crippen molar-refractivity contribution in [3.8, 4) is 5.75 Å². The van der Waals surface area contributed by atoms with Gasteiger partial charge in [0, 0.05) is 54.8 Å². The number of hydrogen-bond donors (Lipinski definition) is 2. The Balaban J connectivity index is 1.21. The summed E-state index contributed by atoms with van der Waals surface area (Å²) >= 11 is 5.84. The molecule has 182 valence electrons. The monoisotopic (exact) mass is 495 g/mol. The Labute approximate surface area is 208 Å². The third-order valence-corrected chi connectivity index (χ3v) is 5.85. The van der Waals surface area contributed by atoms with Gasteiger partial charge in [0.2, 0.25) is 11.8 Å². The van der Waals surface area contributed by atoms with E-state index in [2.05, 4.69) is 15.6 Å². The van der Waals surface area contributed by atoms with Crippen LogP contribution in [0, 0.1) is 5.92 Å². The summed E-state index contributed by atoms with van der Waals surface area (Å²) in [4.78, 5) is 42.7. The first-order chi connectivity index (χ1) is 17.0. The van der Waals surface area contributed by atoms with Gasteiger partial charge in [0.1, 0.15) is 5.75 Å². The summed E-state index contributed by atoms with van der Waals surface area (Å²) in [7, 11) is 0. The zero-order valence-electron chi connectivity index (χ0n) is 19.0. The number of rotatable bonds is 10. The molecule has 9 nitrogen and oxygen atoms in total. The quantitative estimate of drug-likeness (QED) is 0.420. The predicted octanol–water partition coefficient (Wildman–Crippen LogP) is 3.11. The molecular weight excluding hydrogens is 470 g/mol. The molecule has 3 amide bonds. The van der Waals surface area contributed by atoms with Crippen molar-refractivity contribution in [1.82, 2.24) is 14.9 Å². The Morgan fingerprint density at radius 2 is 1.89 bits per heavy atom. The van der Waals surface area contributed by atoms with Crippen LogP contribution in [0.4, 0.5) is 11.4 Å². The van der Waals surface area contributed by atoms with E-state index in [9.17, 15) is 14.4 Å². The highest BCUT2D eigenvalue weighted by molar-refractivity contribution is 6.30. The van der Waals surface area contributed by atoms with E-state index in [0.29, 0.717) is 35.2 Å². The van der Waals surface area contributed by atoms with Crippen molar-refractivity contribution in [3.05, 3.63) is 72.3 Å². The van der Waals surface area contributed by atoms with E-state index in [1.807, 2.05) is 10.8 Å². The minimum atomic E-state index is -0.386. The summed E-state index contributed by atoms with van der Waals surface area (Å²) in [5, 5.41) is 6.23. The van der Waals surface area contributed by atoms with Crippen molar-refractivity contribution in [2.75, 3.05) is 29.9 Å². The highest BCUT2D eigenvalue weighted by Crippen LogP contribution is 2.27. The Morgan fingerprint density at radius 1 is 1.11 bits per heavy atom. The molecule has 3 aromatic rings. The van der Waals surface area contributed by atoms with E-state index in [0.717, 1.165) is 13.0 Å². The number of halogens is 1. The van der Waals surface area contributed by atoms with Crippen molar-refractivity contribution in [3.63, 3.8) is 0 Å². The van der Waals surface area contributed by atoms with Crippen LogP contribution in [0.2, 0.25) is 5.02 Å². The lowest BCUT2D eigenvalue weighted by atomic mass is 10.1. The van der Waals surface area contributed by atoms with Crippen molar-refractivity contribution >= 4 is 40.7 Å². The van der Waals surface area contributed by atoms with Gasteiger partial charge in [-0.2, -0.15) is 0 Å². The molecule has 35 heavy (non-hydrogen) atoms. The van der Waals surface area contributed by atoms with E-state index in [-0.39, 0.29) is 36.7 Å². The van der Waals surface area contributed by atoms with Gasteiger partial charge in [-0.1, -0.05) is 11.6 Å². The third-order valence-electron chi connectivity index (χ3n) is 5.59. The predicted molar refractivity (Wildman–Crippen MR) is 132 cm³/mol. The molecular formula is C25H26ClN5O4. The summed E-state index contributed by atoms with van der Waals surface area (Å²) in [6.45, 7) is 1.48.